The number of fused-ring (bicyclic) bond motifs is 1. The Balaban J connectivity index is 2.10. The third kappa shape index (κ3) is 2.46. The molecule has 0 bridgehead atoms. The minimum atomic E-state index is -1.42. The highest BCUT2D eigenvalue weighted by Gasteiger charge is 2.18. The van der Waals surface area contributed by atoms with Crippen molar-refractivity contribution in [2.24, 2.45) is 0 Å². The zero-order valence-electron chi connectivity index (χ0n) is 11.7. The molecule has 2 aromatic heterocycles. The predicted molar refractivity (Wildman–Crippen MR) is 77.5 cm³/mol. The van der Waals surface area contributed by atoms with Crippen LogP contribution >= 0.6 is 0 Å². The van der Waals surface area contributed by atoms with Gasteiger partial charge in [0.2, 0.25) is 0 Å². The summed E-state index contributed by atoms with van der Waals surface area (Å²) in [6.07, 6.45) is 2.88. The van der Waals surface area contributed by atoms with E-state index in [9.17, 15) is 13.6 Å². The van der Waals surface area contributed by atoms with E-state index < -0.39 is 11.5 Å². The van der Waals surface area contributed by atoms with Gasteiger partial charge in [0.05, 0.1) is 5.69 Å². The molecule has 3 nitrogen and oxygen atoms in total. The van der Waals surface area contributed by atoms with Crippen LogP contribution in [0.3, 0.4) is 0 Å². The SMILES string of the molecule is CC(C)(F)c1ccc(-c2cn3cc(F)cc3c(=O)[nH]2)cc1. The average Bonchev–Trinajstić information content (AvgIpc) is 2.79. The first-order valence-electron chi connectivity index (χ1n) is 6.55. The molecule has 0 aliphatic heterocycles. The van der Waals surface area contributed by atoms with Crippen molar-refractivity contribution in [3.8, 4) is 11.3 Å². The molecule has 0 aliphatic rings. The summed E-state index contributed by atoms with van der Waals surface area (Å²) in [4.78, 5) is 14.6. The number of hydrogen-bond acceptors (Lipinski definition) is 1. The second-order valence-electron chi connectivity index (χ2n) is 5.50. The Morgan fingerprint density at radius 1 is 1.14 bits per heavy atom. The van der Waals surface area contributed by atoms with Gasteiger partial charge in [-0.1, -0.05) is 24.3 Å². The number of aromatic amines is 1. The van der Waals surface area contributed by atoms with Crippen molar-refractivity contribution in [3.05, 3.63) is 64.5 Å². The Morgan fingerprint density at radius 2 is 1.81 bits per heavy atom. The molecular weight excluding hydrogens is 274 g/mol. The third-order valence-corrected chi connectivity index (χ3v) is 3.45. The molecule has 21 heavy (non-hydrogen) atoms. The number of aromatic nitrogens is 2. The molecule has 0 aliphatic carbocycles. The third-order valence-electron chi connectivity index (χ3n) is 3.45. The number of alkyl halides is 1. The Bertz CT molecular complexity index is 855. The molecule has 0 saturated carbocycles. The first-order valence-corrected chi connectivity index (χ1v) is 6.55. The molecule has 1 N–H and O–H groups in total. The summed E-state index contributed by atoms with van der Waals surface area (Å²) in [5.74, 6) is -0.466. The fourth-order valence-electron chi connectivity index (χ4n) is 2.28. The summed E-state index contributed by atoms with van der Waals surface area (Å²) in [5.41, 5.74) is 0.299. The van der Waals surface area contributed by atoms with Crippen LogP contribution in [0.4, 0.5) is 8.78 Å². The maximum Gasteiger partial charge on any atom is 0.272 e. The van der Waals surface area contributed by atoms with E-state index in [4.69, 9.17) is 0 Å². The molecule has 0 unspecified atom stereocenters. The number of nitrogens with one attached hydrogen (secondary N) is 1. The number of benzene rings is 1. The van der Waals surface area contributed by atoms with Crippen LogP contribution in [0, 0.1) is 5.82 Å². The van der Waals surface area contributed by atoms with E-state index in [1.807, 2.05) is 0 Å². The first kappa shape index (κ1) is 13.5. The fraction of sp³-hybridized carbons (Fsp3) is 0.188. The fourth-order valence-corrected chi connectivity index (χ4v) is 2.28. The summed E-state index contributed by atoms with van der Waals surface area (Å²) < 4.78 is 28.5. The van der Waals surface area contributed by atoms with Crippen LogP contribution in [0.15, 0.2) is 47.5 Å². The largest absolute Gasteiger partial charge is 0.319 e. The normalized spacial score (nSPS) is 12.0. The lowest BCUT2D eigenvalue weighted by molar-refractivity contribution is 0.221. The summed E-state index contributed by atoms with van der Waals surface area (Å²) >= 11 is 0. The highest BCUT2D eigenvalue weighted by molar-refractivity contribution is 5.61. The van der Waals surface area contributed by atoms with E-state index in [1.54, 1.807) is 30.5 Å². The summed E-state index contributed by atoms with van der Waals surface area (Å²) in [5, 5.41) is 0. The Kier molecular flexibility index (Phi) is 2.93. The molecule has 0 spiro atoms. The molecule has 1 aromatic carbocycles. The highest BCUT2D eigenvalue weighted by Crippen LogP contribution is 2.26. The van der Waals surface area contributed by atoms with Crippen LogP contribution in [-0.4, -0.2) is 9.38 Å². The van der Waals surface area contributed by atoms with Crippen LogP contribution in [0.1, 0.15) is 19.4 Å². The number of hydrogen-bond donors (Lipinski definition) is 1. The van der Waals surface area contributed by atoms with Crippen molar-refractivity contribution < 1.29 is 8.78 Å². The molecular formula is C16H14F2N2O. The minimum absolute atomic E-state index is 0.248. The number of halogens is 2. The van der Waals surface area contributed by atoms with Crippen LogP contribution in [0.25, 0.3) is 16.8 Å². The molecule has 3 rings (SSSR count). The summed E-state index contributed by atoms with van der Waals surface area (Å²) in [6, 6.07) is 7.99. The predicted octanol–water partition coefficient (Wildman–Crippen LogP) is 3.64. The standard InChI is InChI=1S/C16H14F2N2O/c1-16(2,18)11-5-3-10(4-6-11)13-9-20-8-12(17)7-14(20)15(21)19-13/h3-9H,1-2H3,(H,19,21). The zero-order valence-corrected chi connectivity index (χ0v) is 11.7. The molecule has 0 atom stereocenters. The maximum atomic E-state index is 13.8. The van der Waals surface area contributed by atoms with Gasteiger partial charge in [-0.3, -0.25) is 4.79 Å². The summed E-state index contributed by atoms with van der Waals surface area (Å²) in [6.45, 7) is 2.97. The topological polar surface area (TPSA) is 37.3 Å². The molecule has 0 saturated heterocycles. The van der Waals surface area contributed by atoms with Gasteiger partial charge in [0.25, 0.3) is 5.56 Å². The van der Waals surface area contributed by atoms with Gasteiger partial charge in [-0.25, -0.2) is 8.78 Å². The minimum Gasteiger partial charge on any atom is -0.319 e. The van der Waals surface area contributed by atoms with Crippen molar-refractivity contribution in [2.45, 2.75) is 19.5 Å². The van der Waals surface area contributed by atoms with E-state index in [0.717, 1.165) is 5.56 Å². The van der Waals surface area contributed by atoms with Crippen molar-refractivity contribution in [3.63, 3.8) is 0 Å². The molecule has 3 aromatic rings. The number of H-pyrrole nitrogens is 1. The second-order valence-corrected chi connectivity index (χ2v) is 5.50. The van der Waals surface area contributed by atoms with Gasteiger partial charge in [0.1, 0.15) is 17.0 Å². The van der Waals surface area contributed by atoms with E-state index in [1.165, 1.54) is 30.5 Å². The van der Waals surface area contributed by atoms with Crippen molar-refractivity contribution in [2.75, 3.05) is 0 Å². The van der Waals surface area contributed by atoms with Crippen LogP contribution in [0.5, 0.6) is 0 Å². The van der Waals surface area contributed by atoms with Gasteiger partial charge in [0, 0.05) is 18.5 Å². The quantitative estimate of drug-likeness (QED) is 0.768. The lowest BCUT2D eigenvalue weighted by Crippen LogP contribution is -2.10. The highest BCUT2D eigenvalue weighted by atomic mass is 19.1. The smallest absolute Gasteiger partial charge is 0.272 e. The Morgan fingerprint density at radius 3 is 2.43 bits per heavy atom. The van der Waals surface area contributed by atoms with E-state index in [-0.39, 0.29) is 11.1 Å². The maximum absolute atomic E-state index is 13.8. The monoisotopic (exact) mass is 288 g/mol. The molecule has 2 heterocycles. The Hall–Kier alpha value is -2.43. The van der Waals surface area contributed by atoms with Gasteiger partial charge in [0.15, 0.2) is 0 Å². The van der Waals surface area contributed by atoms with E-state index in [2.05, 4.69) is 4.98 Å². The zero-order chi connectivity index (χ0) is 15.2. The number of rotatable bonds is 2. The lowest BCUT2D eigenvalue weighted by Gasteiger charge is -2.14. The van der Waals surface area contributed by atoms with Crippen molar-refractivity contribution >= 4 is 5.52 Å². The van der Waals surface area contributed by atoms with Gasteiger partial charge in [-0.05, 0) is 25.0 Å². The Labute approximate surface area is 119 Å². The molecule has 0 fully saturated rings. The molecule has 0 amide bonds. The van der Waals surface area contributed by atoms with Crippen molar-refractivity contribution in [1.82, 2.24) is 9.38 Å². The lowest BCUT2D eigenvalue weighted by atomic mass is 9.98. The van der Waals surface area contributed by atoms with Crippen LogP contribution in [-0.2, 0) is 5.67 Å². The molecule has 108 valence electrons. The van der Waals surface area contributed by atoms with E-state index in [0.29, 0.717) is 11.3 Å². The number of nitrogens with zero attached hydrogens (tertiary/aromatic N) is 1. The van der Waals surface area contributed by atoms with Gasteiger partial charge >= 0.3 is 0 Å². The second kappa shape index (κ2) is 4.55. The van der Waals surface area contributed by atoms with Gasteiger partial charge in [-0.2, -0.15) is 0 Å². The van der Waals surface area contributed by atoms with Crippen LogP contribution < -0.4 is 5.56 Å². The van der Waals surface area contributed by atoms with Gasteiger partial charge in [-0.15, -0.1) is 0 Å². The average molecular weight is 288 g/mol. The molecule has 5 heteroatoms. The van der Waals surface area contributed by atoms with Crippen molar-refractivity contribution in [1.29, 1.82) is 0 Å². The van der Waals surface area contributed by atoms with Gasteiger partial charge < -0.3 is 9.38 Å². The first-order chi connectivity index (χ1) is 9.84. The van der Waals surface area contributed by atoms with Crippen LogP contribution in [0.2, 0.25) is 0 Å². The summed E-state index contributed by atoms with van der Waals surface area (Å²) in [7, 11) is 0. The van der Waals surface area contributed by atoms with E-state index >= 15 is 0 Å². The molecule has 0 radical (unpaired) electrons.